The second-order valence-electron chi connectivity index (χ2n) is 5.67. The summed E-state index contributed by atoms with van der Waals surface area (Å²) in [6.07, 6.45) is 0.0370. The van der Waals surface area contributed by atoms with E-state index in [1.807, 2.05) is 0 Å². The molecule has 0 aliphatic rings. The van der Waals surface area contributed by atoms with E-state index in [2.05, 4.69) is 0 Å². The average molecular weight is 319 g/mol. The number of carboxylic acids is 1. The quantitative estimate of drug-likeness (QED) is 0.905. The molecule has 1 rings (SSSR count). The fraction of sp³-hybridized carbons (Fsp3) is 0.500. The lowest BCUT2D eigenvalue weighted by Crippen LogP contribution is -2.31. The number of aliphatic carboxylic acids is 1. The van der Waals surface area contributed by atoms with Crippen molar-refractivity contribution in [3.63, 3.8) is 0 Å². The molecular formula is C14H19ClO4S. The Morgan fingerprint density at radius 3 is 2.40 bits per heavy atom. The van der Waals surface area contributed by atoms with Crippen molar-refractivity contribution in [2.75, 3.05) is 5.75 Å². The van der Waals surface area contributed by atoms with Crippen LogP contribution in [0.5, 0.6) is 0 Å². The third-order valence-electron chi connectivity index (χ3n) is 3.16. The van der Waals surface area contributed by atoms with Crippen LogP contribution in [0, 0.1) is 0 Å². The van der Waals surface area contributed by atoms with E-state index in [1.165, 1.54) is 0 Å². The molecule has 6 heteroatoms. The van der Waals surface area contributed by atoms with Gasteiger partial charge in [-0.05, 0) is 44.9 Å². The molecule has 1 aromatic carbocycles. The van der Waals surface area contributed by atoms with Crippen molar-refractivity contribution >= 4 is 27.4 Å². The van der Waals surface area contributed by atoms with Gasteiger partial charge in [-0.25, -0.2) is 8.42 Å². The number of benzene rings is 1. The van der Waals surface area contributed by atoms with Crippen molar-refractivity contribution in [2.45, 2.75) is 37.9 Å². The van der Waals surface area contributed by atoms with Crippen LogP contribution >= 0.6 is 11.6 Å². The van der Waals surface area contributed by atoms with Gasteiger partial charge in [0.25, 0.3) is 0 Å². The molecule has 0 aliphatic carbocycles. The molecule has 0 fully saturated rings. The lowest BCUT2D eigenvalue weighted by atomic mass is 9.97. The Labute approximate surface area is 124 Å². The predicted octanol–water partition coefficient (Wildman–Crippen LogP) is 3.11. The molecule has 0 heterocycles. The Morgan fingerprint density at radius 2 is 1.95 bits per heavy atom. The number of sulfone groups is 1. The zero-order valence-corrected chi connectivity index (χ0v) is 13.3. The minimum absolute atomic E-state index is 0.0370. The van der Waals surface area contributed by atoms with Gasteiger partial charge < -0.3 is 5.11 Å². The Hall–Kier alpha value is -1.07. The van der Waals surface area contributed by atoms with Crippen molar-refractivity contribution in [2.24, 2.45) is 0 Å². The number of hydrogen-bond donors (Lipinski definition) is 1. The highest BCUT2D eigenvalue weighted by Crippen LogP contribution is 2.26. The molecule has 0 saturated carbocycles. The SMILES string of the molecule is CC(C)(C)S(=O)(=O)CCC(C(=O)O)c1cccc(Cl)c1. The van der Waals surface area contributed by atoms with Crippen LogP contribution in [0.1, 0.15) is 38.7 Å². The normalized spacial score (nSPS) is 14.0. The molecule has 1 aromatic rings. The van der Waals surface area contributed by atoms with Crippen molar-refractivity contribution in [3.05, 3.63) is 34.9 Å². The second kappa shape index (κ2) is 6.14. The molecule has 0 aliphatic heterocycles. The molecule has 0 radical (unpaired) electrons. The molecule has 4 nitrogen and oxygen atoms in total. The molecule has 1 N–H and O–H groups in total. The highest BCUT2D eigenvalue weighted by molar-refractivity contribution is 7.92. The van der Waals surface area contributed by atoms with E-state index >= 15 is 0 Å². The van der Waals surface area contributed by atoms with Crippen LogP contribution in [-0.2, 0) is 14.6 Å². The van der Waals surface area contributed by atoms with Crippen molar-refractivity contribution in [1.82, 2.24) is 0 Å². The van der Waals surface area contributed by atoms with Crippen LogP contribution in [0.4, 0.5) is 0 Å². The van der Waals surface area contributed by atoms with Gasteiger partial charge in [-0.15, -0.1) is 0 Å². The summed E-state index contributed by atoms with van der Waals surface area (Å²) in [5.74, 6) is -2.08. The van der Waals surface area contributed by atoms with E-state index in [0.29, 0.717) is 10.6 Å². The number of hydrogen-bond acceptors (Lipinski definition) is 3. The molecule has 20 heavy (non-hydrogen) atoms. The number of rotatable bonds is 5. The van der Waals surface area contributed by atoms with Crippen LogP contribution in [0.15, 0.2) is 24.3 Å². The molecule has 1 atom stereocenters. The fourth-order valence-corrected chi connectivity index (χ4v) is 3.09. The highest BCUT2D eigenvalue weighted by atomic mass is 35.5. The van der Waals surface area contributed by atoms with E-state index in [1.54, 1.807) is 45.0 Å². The van der Waals surface area contributed by atoms with Crippen LogP contribution < -0.4 is 0 Å². The summed E-state index contributed by atoms with van der Waals surface area (Å²) in [6.45, 7) is 4.83. The van der Waals surface area contributed by atoms with E-state index in [0.717, 1.165) is 0 Å². The second-order valence-corrected chi connectivity index (χ2v) is 8.96. The lowest BCUT2D eigenvalue weighted by Gasteiger charge is -2.21. The standard InChI is InChI=1S/C14H19ClO4S/c1-14(2,3)20(18,19)8-7-12(13(16)17)10-5-4-6-11(15)9-10/h4-6,9,12H,7-8H2,1-3H3,(H,16,17). The van der Waals surface area contributed by atoms with Gasteiger partial charge in [0.2, 0.25) is 0 Å². The van der Waals surface area contributed by atoms with Crippen molar-refractivity contribution in [3.8, 4) is 0 Å². The van der Waals surface area contributed by atoms with Gasteiger partial charge in [-0.1, -0.05) is 23.7 Å². The van der Waals surface area contributed by atoms with Crippen LogP contribution in [0.25, 0.3) is 0 Å². The van der Waals surface area contributed by atoms with Gasteiger partial charge in [0.15, 0.2) is 9.84 Å². The number of carbonyl (C=O) groups is 1. The zero-order chi connectivity index (χ0) is 15.6. The van der Waals surface area contributed by atoms with E-state index in [9.17, 15) is 18.3 Å². The van der Waals surface area contributed by atoms with Gasteiger partial charge in [-0.3, -0.25) is 4.79 Å². The lowest BCUT2D eigenvalue weighted by molar-refractivity contribution is -0.138. The topological polar surface area (TPSA) is 71.4 Å². The third-order valence-corrected chi connectivity index (χ3v) is 6.03. The van der Waals surface area contributed by atoms with E-state index < -0.39 is 26.5 Å². The summed E-state index contributed by atoms with van der Waals surface area (Å²) in [4.78, 5) is 11.3. The maximum Gasteiger partial charge on any atom is 0.311 e. The summed E-state index contributed by atoms with van der Waals surface area (Å²) in [7, 11) is -3.34. The first kappa shape index (κ1) is 17.0. The summed E-state index contributed by atoms with van der Waals surface area (Å²) in [5, 5.41) is 9.72. The predicted molar refractivity (Wildman–Crippen MR) is 80.0 cm³/mol. The monoisotopic (exact) mass is 318 g/mol. The summed E-state index contributed by atoms with van der Waals surface area (Å²) in [5.41, 5.74) is 0.522. The average Bonchev–Trinajstić information content (AvgIpc) is 2.27. The first-order valence-corrected chi connectivity index (χ1v) is 8.28. The molecule has 0 amide bonds. The first-order chi connectivity index (χ1) is 9.04. The van der Waals surface area contributed by atoms with Crippen LogP contribution in [-0.4, -0.2) is 30.0 Å². The van der Waals surface area contributed by atoms with Crippen LogP contribution in [0.3, 0.4) is 0 Å². The van der Waals surface area contributed by atoms with Gasteiger partial charge in [0.05, 0.1) is 16.4 Å². The summed E-state index contributed by atoms with van der Waals surface area (Å²) in [6, 6.07) is 6.51. The zero-order valence-electron chi connectivity index (χ0n) is 11.8. The molecule has 0 aromatic heterocycles. The Kier molecular flexibility index (Phi) is 5.21. The van der Waals surface area contributed by atoms with Crippen LogP contribution in [0.2, 0.25) is 5.02 Å². The molecule has 1 unspecified atom stereocenters. The van der Waals surface area contributed by atoms with E-state index in [-0.39, 0.29) is 12.2 Å². The van der Waals surface area contributed by atoms with Gasteiger partial charge in [0.1, 0.15) is 0 Å². The number of carboxylic acid groups (broad SMARTS) is 1. The first-order valence-electron chi connectivity index (χ1n) is 6.25. The summed E-state index contributed by atoms with van der Waals surface area (Å²) < 4.78 is 23.2. The molecule has 0 spiro atoms. The maximum atomic E-state index is 12.1. The fourth-order valence-electron chi connectivity index (χ4n) is 1.74. The molecule has 0 saturated heterocycles. The number of halogens is 1. The van der Waals surface area contributed by atoms with E-state index in [4.69, 9.17) is 11.6 Å². The molecular weight excluding hydrogens is 300 g/mol. The highest BCUT2D eigenvalue weighted by Gasteiger charge is 2.31. The smallest absolute Gasteiger partial charge is 0.311 e. The minimum atomic E-state index is -3.34. The minimum Gasteiger partial charge on any atom is -0.481 e. The van der Waals surface area contributed by atoms with Gasteiger partial charge in [0, 0.05) is 5.02 Å². The Bertz CT molecular complexity index is 587. The van der Waals surface area contributed by atoms with Crippen molar-refractivity contribution < 1.29 is 18.3 Å². The maximum absolute atomic E-state index is 12.1. The Morgan fingerprint density at radius 1 is 1.35 bits per heavy atom. The van der Waals surface area contributed by atoms with Crippen molar-refractivity contribution in [1.29, 1.82) is 0 Å². The van der Waals surface area contributed by atoms with Gasteiger partial charge in [-0.2, -0.15) is 0 Å². The Balaban J connectivity index is 2.94. The largest absolute Gasteiger partial charge is 0.481 e. The third kappa shape index (κ3) is 4.21. The van der Waals surface area contributed by atoms with Gasteiger partial charge >= 0.3 is 5.97 Å². The summed E-state index contributed by atoms with van der Waals surface area (Å²) >= 11 is 5.85. The molecule has 112 valence electrons. The molecule has 0 bridgehead atoms.